The molecule has 4 atom stereocenters. The van der Waals surface area contributed by atoms with E-state index in [0.29, 0.717) is 13.0 Å². The van der Waals surface area contributed by atoms with Crippen LogP contribution in [0.3, 0.4) is 0 Å². The lowest BCUT2D eigenvalue weighted by Gasteiger charge is -2.22. The van der Waals surface area contributed by atoms with Crippen molar-refractivity contribution < 1.29 is 67.2 Å². The van der Waals surface area contributed by atoms with E-state index in [0.717, 1.165) is 6.07 Å². The zero-order chi connectivity index (χ0) is 68.0. The van der Waals surface area contributed by atoms with E-state index >= 15 is 0 Å². The number of benzene rings is 4. The molecule has 0 saturated carbocycles. The van der Waals surface area contributed by atoms with Gasteiger partial charge in [0.05, 0.1) is 49.6 Å². The number of carboxylic acids is 1. The first-order valence-electron chi connectivity index (χ1n) is 28.3. The molecule has 4 rings (SSSR count). The fraction of sp³-hybridized carbons (Fsp3) is 0.351. The zero-order valence-corrected chi connectivity index (χ0v) is 50.6. The standard InChI is InChI=1S/C57H79N21O14/c1-89-41-16-12-29(24-33(41)46(59)81)73-51(86)38(9-5-21-69-55(62)63)76-48(83)35-26-31(14-18-43(35)91-3)74-53(88)40(11-7-23-71-57(66)67)78-49(84)36-27-32(15-19-44(36)92-28-45(79)80)75-52(87)39(10-6-22-70-56(64)65)77-47(82)34-25-30(13-17-42(34)90-2)72-50(85)37(58)8-4-20-68-54(60)61/h12-19,24-27,37-40H,4-11,20-23,28,58H2,1-3H3,(H2,59,81)(H,72,85)(H,73,86)(H,74,88)(H,75,87)(H,76,83)(H,77,82)(H,78,84)(H,79,80)(H4,60,61,68)(H4,62,63,69)(H4,64,65,70)(H4,66,67,71)/t37-,38-,39-,40-/m0/s1. The van der Waals surface area contributed by atoms with Gasteiger partial charge in [0.1, 0.15) is 41.1 Å². The summed E-state index contributed by atoms with van der Waals surface area (Å²) < 4.78 is 21.6. The number of primary amides is 1. The number of anilines is 4. The second-order valence-electron chi connectivity index (χ2n) is 20.1. The van der Waals surface area contributed by atoms with Crippen molar-refractivity contribution in [1.29, 1.82) is 21.6 Å². The maximum absolute atomic E-state index is 14.5. The number of hydrogen-bond acceptors (Lipinski definition) is 18. The van der Waals surface area contributed by atoms with Gasteiger partial charge in [-0.15, -0.1) is 0 Å². The number of carbonyl (C=O) groups excluding carboxylic acids is 8. The lowest BCUT2D eigenvalue weighted by atomic mass is 10.1. The largest absolute Gasteiger partial charge is 0.496 e. The van der Waals surface area contributed by atoms with Crippen molar-refractivity contribution in [2.45, 2.75) is 75.5 Å². The SMILES string of the molecule is COc1ccc(NC(=O)[C@H](CCCNC(=N)N)NC(=O)c2cc(NC(=O)[C@H](CCCNC(=N)N)NC(=O)c3cc(NC(=O)[C@H](CCCNC(=N)N)NC(=O)c4cc(NC(=O)[C@@H](N)CCCNC(=N)N)ccc4OC)ccc3OCC(=O)O)ccc2OC)cc1C(N)=O. The molecule has 0 bridgehead atoms. The highest BCUT2D eigenvalue weighted by Gasteiger charge is 2.29. The lowest BCUT2D eigenvalue weighted by molar-refractivity contribution is -0.139. The third-order valence-corrected chi connectivity index (χ3v) is 13.2. The molecule has 92 heavy (non-hydrogen) atoms. The van der Waals surface area contributed by atoms with Gasteiger partial charge in [0, 0.05) is 48.9 Å². The highest BCUT2D eigenvalue weighted by molar-refractivity contribution is 6.08. The van der Waals surface area contributed by atoms with Gasteiger partial charge in [-0.1, -0.05) is 0 Å². The molecule has 0 aliphatic carbocycles. The number of aliphatic carboxylic acids is 1. The molecular weight excluding hydrogens is 1200 g/mol. The molecular formula is C57H79N21O14. The highest BCUT2D eigenvalue weighted by Crippen LogP contribution is 2.28. The molecule has 496 valence electrons. The van der Waals surface area contributed by atoms with E-state index in [1.54, 1.807) is 0 Å². The van der Waals surface area contributed by atoms with Crippen LogP contribution in [0, 0.1) is 21.6 Å². The van der Waals surface area contributed by atoms with E-state index in [4.69, 9.17) is 75.0 Å². The number of ether oxygens (including phenoxy) is 4. The molecule has 0 fully saturated rings. The third kappa shape index (κ3) is 24.1. The normalized spacial score (nSPS) is 11.8. The number of methoxy groups -OCH3 is 3. The van der Waals surface area contributed by atoms with Crippen molar-refractivity contribution >= 4 is 99.8 Å². The minimum absolute atomic E-state index is 0.00179. The molecule has 28 N–H and O–H groups in total. The van der Waals surface area contributed by atoms with Crippen LogP contribution in [0.25, 0.3) is 0 Å². The number of carbonyl (C=O) groups is 9. The molecule has 35 nitrogen and oxygen atoms in total. The average Bonchev–Trinajstić information content (AvgIpc) is 1.23. The topological polar surface area (TPSA) is 595 Å². The Morgan fingerprint density at radius 1 is 0.424 bits per heavy atom. The van der Waals surface area contributed by atoms with Crippen molar-refractivity contribution in [3.63, 3.8) is 0 Å². The van der Waals surface area contributed by atoms with Gasteiger partial charge in [-0.05, 0) is 124 Å². The third-order valence-electron chi connectivity index (χ3n) is 13.2. The monoisotopic (exact) mass is 1280 g/mol. The highest BCUT2D eigenvalue weighted by atomic mass is 16.5. The van der Waals surface area contributed by atoms with Crippen LogP contribution in [0.15, 0.2) is 72.8 Å². The van der Waals surface area contributed by atoms with Crippen molar-refractivity contribution in [3.8, 4) is 23.0 Å². The number of nitrogens with two attached hydrogens (primary N) is 6. The minimum atomic E-state index is -1.45. The Kier molecular flexibility index (Phi) is 29.0. The molecule has 35 heteroatoms. The van der Waals surface area contributed by atoms with Crippen LogP contribution in [0.4, 0.5) is 22.7 Å². The van der Waals surface area contributed by atoms with Crippen molar-refractivity contribution in [1.82, 2.24) is 37.2 Å². The summed E-state index contributed by atoms with van der Waals surface area (Å²) in [7, 11) is 3.90. The number of carboxylic acid groups (broad SMARTS) is 1. The molecule has 8 amide bonds. The molecule has 0 saturated heterocycles. The van der Waals surface area contributed by atoms with Crippen LogP contribution in [0.5, 0.6) is 23.0 Å². The fourth-order valence-corrected chi connectivity index (χ4v) is 8.66. The van der Waals surface area contributed by atoms with Gasteiger partial charge < -0.3 is 117 Å². The molecule has 0 aliphatic rings. The van der Waals surface area contributed by atoms with Gasteiger partial charge >= 0.3 is 5.97 Å². The summed E-state index contributed by atoms with van der Waals surface area (Å²) in [5.41, 5.74) is 32.8. The molecule has 0 aliphatic heterocycles. The van der Waals surface area contributed by atoms with Gasteiger partial charge in [0.25, 0.3) is 23.6 Å². The smallest absolute Gasteiger partial charge is 0.341 e. The number of guanidine groups is 4. The van der Waals surface area contributed by atoms with Gasteiger partial charge in [-0.25, -0.2) is 4.79 Å². The first kappa shape index (κ1) is 72.8. The first-order chi connectivity index (χ1) is 43.7. The van der Waals surface area contributed by atoms with E-state index in [1.165, 1.54) is 88.1 Å². The van der Waals surface area contributed by atoms with E-state index in [1.807, 2.05) is 0 Å². The van der Waals surface area contributed by atoms with Crippen LogP contribution in [0.2, 0.25) is 0 Å². The Labute approximate surface area is 527 Å². The summed E-state index contributed by atoms with van der Waals surface area (Å²) in [5, 5.41) is 68.5. The summed E-state index contributed by atoms with van der Waals surface area (Å²) in [6, 6.07) is 10.8. The minimum Gasteiger partial charge on any atom is -0.496 e. The predicted molar refractivity (Wildman–Crippen MR) is 340 cm³/mol. The van der Waals surface area contributed by atoms with Gasteiger partial charge in [0.15, 0.2) is 30.4 Å². The molecule has 0 aromatic heterocycles. The Morgan fingerprint density at radius 2 is 0.707 bits per heavy atom. The summed E-state index contributed by atoms with van der Waals surface area (Å²) >= 11 is 0. The zero-order valence-electron chi connectivity index (χ0n) is 50.6. The number of rotatable bonds is 37. The van der Waals surface area contributed by atoms with Gasteiger partial charge in [0.2, 0.25) is 23.6 Å². The lowest BCUT2D eigenvalue weighted by Crippen LogP contribution is -2.45. The Balaban J connectivity index is 1.65. The van der Waals surface area contributed by atoms with Crippen molar-refractivity contribution in [3.05, 3.63) is 95.1 Å². The molecule has 4 aromatic rings. The first-order valence-corrected chi connectivity index (χ1v) is 28.3. The van der Waals surface area contributed by atoms with Crippen LogP contribution in [0.1, 0.15) is 92.8 Å². The molecule has 0 spiro atoms. The Bertz CT molecular complexity index is 3370. The average molecular weight is 1280 g/mol. The van der Waals surface area contributed by atoms with E-state index < -0.39 is 84.0 Å². The second kappa shape index (κ2) is 36.6. The molecule has 0 unspecified atom stereocenters. The van der Waals surface area contributed by atoms with Crippen LogP contribution in [-0.4, -0.2) is 160 Å². The maximum atomic E-state index is 14.5. The maximum Gasteiger partial charge on any atom is 0.341 e. The van der Waals surface area contributed by atoms with E-state index in [-0.39, 0.29) is 156 Å². The summed E-state index contributed by atoms with van der Waals surface area (Å²) in [6.07, 6.45) is 0.898. The summed E-state index contributed by atoms with van der Waals surface area (Å²) in [5.74, 6) is -9.39. The molecule has 0 heterocycles. The quantitative estimate of drug-likeness (QED) is 0.0143. The predicted octanol–water partition coefficient (Wildman–Crippen LogP) is -1.20. The Hall–Kier alpha value is -11.7. The van der Waals surface area contributed by atoms with Crippen molar-refractivity contribution in [2.75, 3.05) is 75.4 Å². The van der Waals surface area contributed by atoms with Gasteiger partial charge in [-0.3, -0.25) is 60.0 Å². The number of amides is 8. The number of hydrogen-bond donors (Lipinski definition) is 22. The van der Waals surface area contributed by atoms with Crippen LogP contribution in [-0.2, 0) is 24.0 Å². The van der Waals surface area contributed by atoms with E-state index in [2.05, 4.69) is 58.5 Å². The Morgan fingerprint density at radius 3 is 1.01 bits per heavy atom. The fourth-order valence-electron chi connectivity index (χ4n) is 8.66. The summed E-state index contributed by atoms with van der Waals surface area (Å²) in [4.78, 5) is 122. The molecule has 4 aromatic carbocycles. The van der Waals surface area contributed by atoms with Gasteiger partial charge in [-0.2, -0.15) is 0 Å². The molecule has 0 radical (unpaired) electrons. The number of nitrogens with one attached hydrogen (secondary N) is 15. The van der Waals surface area contributed by atoms with Crippen LogP contribution < -0.4 is 112 Å². The van der Waals surface area contributed by atoms with E-state index in [9.17, 15) is 48.3 Å². The van der Waals surface area contributed by atoms with Crippen LogP contribution >= 0.6 is 0 Å². The summed E-state index contributed by atoms with van der Waals surface area (Å²) in [6.45, 7) is -0.347. The van der Waals surface area contributed by atoms with Crippen molar-refractivity contribution in [2.24, 2.45) is 34.4 Å². The second-order valence-corrected chi connectivity index (χ2v) is 20.1.